The predicted molar refractivity (Wildman–Crippen MR) is 84.2 cm³/mol. The van der Waals surface area contributed by atoms with Gasteiger partial charge in [-0.05, 0) is 24.3 Å². The Morgan fingerprint density at radius 3 is 1.27 bits per heavy atom. The van der Waals surface area contributed by atoms with Crippen LogP contribution in [0.15, 0.2) is 68.1 Å². The molecule has 0 atom stereocenters. The van der Waals surface area contributed by atoms with Crippen LogP contribution in [-0.2, 0) is 20.2 Å². The highest BCUT2D eigenvalue weighted by Gasteiger charge is 2.18. The van der Waals surface area contributed by atoms with Crippen LogP contribution in [-0.4, -0.2) is 25.9 Å². The van der Waals surface area contributed by atoms with Gasteiger partial charge in [0.25, 0.3) is 20.2 Å². The molecule has 0 saturated carbocycles. The number of hydrogen-bond acceptors (Lipinski definition) is 6. The van der Waals surface area contributed by atoms with Crippen LogP contribution in [0.2, 0.25) is 0 Å². The summed E-state index contributed by atoms with van der Waals surface area (Å²) >= 11 is 0. The van der Waals surface area contributed by atoms with Crippen molar-refractivity contribution in [1.29, 1.82) is 0 Å². The second-order valence-electron chi connectivity index (χ2n) is 4.01. The molecule has 2 aromatic carbocycles. The van der Waals surface area contributed by atoms with Gasteiger partial charge in [0, 0.05) is 9.79 Å². The molecular formula is C12H10O6S4. The molecule has 0 bridgehead atoms. The third-order valence-corrected chi connectivity index (χ3v) is 7.04. The van der Waals surface area contributed by atoms with Crippen LogP contribution in [0, 0.1) is 0 Å². The van der Waals surface area contributed by atoms with Crippen molar-refractivity contribution >= 4 is 41.8 Å². The van der Waals surface area contributed by atoms with E-state index in [9.17, 15) is 16.8 Å². The smallest absolute Gasteiger partial charge is 0.282 e. The first-order valence-corrected chi connectivity index (χ1v) is 10.7. The van der Waals surface area contributed by atoms with E-state index in [1.807, 2.05) is 0 Å². The Hall–Kier alpha value is -1.04. The lowest BCUT2D eigenvalue weighted by Crippen LogP contribution is -2.00. The summed E-state index contributed by atoms with van der Waals surface area (Å²) in [4.78, 5) is -0.0334. The molecule has 0 radical (unpaired) electrons. The molecule has 0 aromatic heterocycles. The number of benzene rings is 2. The van der Waals surface area contributed by atoms with Crippen LogP contribution in [0.1, 0.15) is 0 Å². The third-order valence-electron chi connectivity index (χ3n) is 2.48. The van der Waals surface area contributed by atoms with Gasteiger partial charge in [-0.3, -0.25) is 9.11 Å². The molecule has 0 unspecified atom stereocenters. The summed E-state index contributed by atoms with van der Waals surface area (Å²) in [6.07, 6.45) is 0. The maximum atomic E-state index is 11.3. The molecule has 0 aliphatic carbocycles. The van der Waals surface area contributed by atoms with E-state index < -0.39 is 20.2 Å². The number of rotatable bonds is 5. The van der Waals surface area contributed by atoms with Crippen LogP contribution in [0.4, 0.5) is 0 Å². The Morgan fingerprint density at radius 2 is 0.955 bits per heavy atom. The standard InChI is InChI=1S/C12H10O6S4/c13-21(14,15)11-7-3-1-5-9(11)19-20-10-6-2-4-8-12(10)22(16,17)18/h1-8H,(H,13,14,15)(H,16,17,18). The fourth-order valence-corrected chi connectivity index (χ4v) is 6.06. The van der Waals surface area contributed by atoms with Crippen molar-refractivity contribution in [1.82, 2.24) is 0 Å². The average molecular weight is 378 g/mol. The normalized spacial score (nSPS) is 12.3. The van der Waals surface area contributed by atoms with E-state index in [1.165, 1.54) is 36.4 Å². The van der Waals surface area contributed by atoms with E-state index in [4.69, 9.17) is 9.11 Å². The van der Waals surface area contributed by atoms with Crippen molar-refractivity contribution in [2.45, 2.75) is 19.6 Å². The van der Waals surface area contributed by atoms with Crippen LogP contribution >= 0.6 is 21.6 Å². The molecule has 10 heteroatoms. The summed E-state index contributed by atoms with van der Waals surface area (Å²) in [6, 6.07) is 11.6. The van der Waals surface area contributed by atoms with Gasteiger partial charge in [-0.1, -0.05) is 45.9 Å². The van der Waals surface area contributed by atoms with Crippen molar-refractivity contribution < 1.29 is 25.9 Å². The minimum Gasteiger partial charge on any atom is -0.282 e. The first kappa shape index (κ1) is 17.3. The van der Waals surface area contributed by atoms with E-state index in [2.05, 4.69) is 0 Å². The zero-order valence-electron chi connectivity index (χ0n) is 10.8. The SMILES string of the molecule is O=S(=O)(O)c1ccccc1SSc1ccccc1S(=O)(=O)O. The highest BCUT2D eigenvalue weighted by Crippen LogP contribution is 2.42. The number of hydrogen-bond donors (Lipinski definition) is 2. The second-order valence-corrected chi connectivity index (χ2v) is 9.00. The van der Waals surface area contributed by atoms with Gasteiger partial charge < -0.3 is 0 Å². The molecule has 0 fully saturated rings. The van der Waals surface area contributed by atoms with Gasteiger partial charge in [-0.25, -0.2) is 0 Å². The van der Waals surface area contributed by atoms with Crippen LogP contribution < -0.4 is 0 Å². The minimum atomic E-state index is -4.38. The second kappa shape index (κ2) is 6.60. The molecule has 118 valence electrons. The lowest BCUT2D eigenvalue weighted by molar-refractivity contribution is 0.478. The summed E-state index contributed by atoms with van der Waals surface area (Å²) in [5.41, 5.74) is 0. The molecule has 6 nitrogen and oxygen atoms in total. The Morgan fingerprint density at radius 1 is 0.636 bits per heavy atom. The van der Waals surface area contributed by atoms with Gasteiger partial charge >= 0.3 is 0 Å². The molecule has 0 spiro atoms. The van der Waals surface area contributed by atoms with E-state index in [1.54, 1.807) is 12.1 Å². The first-order chi connectivity index (χ1) is 10.2. The maximum absolute atomic E-state index is 11.3. The molecule has 0 aliphatic heterocycles. The third kappa shape index (κ3) is 4.24. The highest BCUT2D eigenvalue weighted by molar-refractivity contribution is 8.76. The van der Waals surface area contributed by atoms with Crippen molar-refractivity contribution in [3.05, 3.63) is 48.5 Å². The Kier molecular flexibility index (Phi) is 5.20. The van der Waals surface area contributed by atoms with E-state index in [0.29, 0.717) is 0 Å². The maximum Gasteiger partial charge on any atom is 0.295 e. The highest BCUT2D eigenvalue weighted by atomic mass is 33.1. The first-order valence-electron chi connectivity index (χ1n) is 5.67. The topological polar surface area (TPSA) is 109 Å². The fraction of sp³-hybridized carbons (Fsp3) is 0. The monoisotopic (exact) mass is 378 g/mol. The zero-order valence-corrected chi connectivity index (χ0v) is 14.0. The predicted octanol–water partition coefficient (Wildman–Crippen LogP) is 2.98. The summed E-state index contributed by atoms with van der Waals surface area (Å²) in [6.45, 7) is 0. The van der Waals surface area contributed by atoms with E-state index in [-0.39, 0.29) is 19.6 Å². The van der Waals surface area contributed by atoms with Gasteiger partial charge in [0.15, 0.2) is 0 Å². The summed E-state index contributed by atoms with van der Waals surface area (Å²) < 4.78 is 63.5. The molecule has 0 aliphatic rings. The summed E-state index contributed by atoms with van der Waals surface area (Å²) in [5, 5.41) is 0. The lowest BCUT2D eigenvalue weighted by atomic mass is 10.4. The summed E-state index contributed by atoms with van der Waals surface area (Å²) in [5.74, 6) is 0. The van der Waals surface area contributed by atoms with Gasteiger partial charge in [-0.2, -0.15) is 16.8 Å². The molecule has 22 heavy (non-hydrogen) atoms. The van der Waals surface area contributed by atoms with Crippen LogP contribution in [0.5, 0.6) is 0 Å². The van der Waals surface area contributed by atoms with Gasteiger partial charge in [0.1, 0.15) is 9.79 Å². The van der Waals surface area contributed by atoms with Gasteiger partial charge in [-0.15, -0.1) is 0 Å². The van der Waals surface area contributed by atoms with Crippen molar-refractivity contribution in [2.75, 3.05) is 0 Å². The van der Waals surface area contributed by atoms with E-state index in [0.717, 1.165) is 21.6 Å². The molecule has 0 heterocycles. The lowest BCUT2D eigenvalue weighted by Gasteiger charge is -2.08. The van der Waals surface area contributed by atoms with Crippen molar-refractivity contribution in [3.63, 3.8) is 0 Å². The quantitative estimate of drug-likeness (QED) is 0.604. The molecular weight excluding hydrogens is 368 g/mol. The minimum absolute atomic E-state index is 0.250. The largest absolute Gasteiger partial charge is 0.295 e. The molecule has 0 saturated heterocycles. The van der Waals surface area contributed by atoms with Crippen molar-refractivity contribution in [3.8, 4) is 0 Å². The molecule has 0 amide bonds. The average Bonchev–Trinajstić information content (AvgIpc) is 2.44. The van der Waals surface area contributed by atoms with Crippen molar-refractivity contribution in [2.24, 2.45) is 0 Å². The molecule has 2 N–H and O–H groups in total. The van der Waals surface area contributed by atoms with Crippen LogP contribution in [0.25, 0.3) is 0 Å². The van der Waals surface area contributed by atoms with E-state index >= 15 is 0 Å². The Balaban J connectivity index is 2.34. The Bertz CT molecular complexity index is 814. The summed E-state index contributed by atoms with van der Waals surface area (Å²) in [7, 11) is -6.84. The van der Waals surface area contributed by atoms with Gasteiger partial charge in [0.05, 0.1) is 0 Å². The van der Waals surface area contributed by atoms with Gasteiger partial charge in [0.2, 0.25) is 0 Å². The fourth-order valence-electron chi connectivity index (χ4n) is 1.55. The van der Waals surface area contributed by atoms with Crippen LogP contribution in [0.3, 0.4) is 0 Å². The molecule has 2 aromatic rings. The Labute approximate surface area is 135 Å². The zero-order chi connectivity index (χ0) is 16.4. The molecule has 2 rings (SSSR count).